The van der Waals surface area contributed by atoms with Crippen LogP contribution in [-0.2, 0) is 13.1 Å². The molecule has 0 aliphatic carbocycles. The Kier molecular flexibility index (Phi) is 6.97. The minimum atomic E-state index is 0. The molecule has 1 aromatic carbocycles. The second-order valence-corrected chi connectivity index (χ2v) is 6.98. The second kappa shape index (κ2) is 8.32. The molecule has 140 valence electrons. The van der Waals surface area contributed by atoms with Crippen LogP contribution in [-0.4, -0.2) is 47.0 Å². The first-order valence-electron chi connectivity index (χ1n) is 8.28. The highest BCUT2D eigenvalue weighted by atomic mass is 15.3. The summed E-state index contributed by atoms with van der Waals surface area (Å²) >= 11 is 0. The van der Waals surface area contributed by atoms with Crippen molar-refractivity contribution >= 4 is 0 Å². The molecular formula is C21H36N4. The first kappa shape index (κ1) is 20.9. The maximum Gasteiger partial charge on any atom is 0.0894 e. The third-order valence-electron chi connectivity index (χ3n) is 4.89. The summed E-state index contributed by atoms with van der Waals surface area (Å²) in [6.45, 7) is 10.7. The van der Waals surface area contributed by atoms with Gasteiger partial charge in [0, 0.05) is 52.0 Å². The summed E-state index contributed by atoms with van der Waals surface area (Å²) in [6.07, 6.45) is 8.67. The molecule has 0 radical (unpaired) electrons. The summed E-state index contributed by atoms with van der Waals surface area (Å²) in [6, 6.07) is 2.35. The highest BCUT2D eigenvalue weighted by molar-refractivity contribution is 5.45. The van der Waals surface area contributed by atoms with Crippen molar-refractivity contribution in [1.82, 2.24) is 19.6 Å². The van der Waals surface area contributed by atoms with Crippen LogP contribution in [0.15, 0.2) is 30.9 Å². The molecule has 2 heterocycles. The van der Waals surface area contributed by atoms with Crippen molar-refractivity contribution in [3.05, 3.63) is 58.7 Å². The standard InChI is InChI=1S/C19H28N4.2CH4/c1-15-10-16(2)19(12-23-9-7-21(5)14-23)17(3)18(15)11-22-8-6-20(4)13-22;;/h6-10H,11-14H2,1-5H3;2*1H4. The first-order chi connectivity index (χ1) is 10.9. The zero-order valence-electron chi connectivity index (χ0n) is 15.0. The van der Waals surface area contributed by atoms with E-state index in [1.165, 1.54) is 27.8 Å². The molecule has 0 N–H and O–H groups in total. The van der Waals surface area contributed by atoms with Gasteiger partial charge >= 0.3 is 0 Å². The number of benzene rings is 1. The zero-order valence-corrected chi connectivity index (χ0v) is 15.0. The van der Waals surface area contributed by atoms with E-state index in [4.69, 9.17) is 0 Å². The predicted molar refractivity (Wildman–Crippen MR) is 109 cm³/mol. The van der Waals surface area contributed by atoms with E-state index >= 15 is 0 Å². The molecule has 0 aromatic heterocycles. The Labute approximate surface area is 155 Å². The van der Waals surface area contributed by atoms with Gasteiger partial charge in [-0.2, -0.15) is 0 Å². The number of nitrogens with zero attached hydrogens (tertiary/aromatic N) is 4. The van der Waals surface area contributed by atoms with Gasteiger partial charge in [0.2, 0.25) is 0 Å². The molecule has 0 spiro atoms. The van der Waals surface area contributed by atoms with Gasteiger partial charge in [-0.3, -0.25) is 0 Å². The Hall–Kier alpha value is -2.10. The average molecular weight is 345 g/mol. The maximum absolute atomic E-state index is 2.37. The molecule has 4 nitrogen and oxygen atoms in total. The van der Waals surface area contributed by atoms with Crippen molar-refractivity contribution in [1.29, 1.82) is 0 Å². The Bertz CT molecular complexity index is 596. The van der Waals surface area contributed by atoms with E-state index in [0.29, 0.717) is 0 Å². The number of rotatable bonds is 4. The SMILES string of the molecule is C.C.Cc1cc(C)c(CN2C=CN(C)C2)c(C)c1CN1C=CN(C)C1. The van der Waals surface area contributed by atoms with Gasteiger partial charge in [-0.05, 0) is 48.6 Å². The van der Waals surface area contributed by atoms with Gasteiger partial charge in [0.25, 0.3) is 0 Å². The smallest absolute Gasteiger partial charge is 0.0894 e. The third-order valence-corrected chi connectivity index (χ3v) is 4.89. The number of aryl methyl sites for hydroxylation is 2. The van der Waals surface area contributed by atoms with Crippen molar-refractivity contribution in [3.8, 4) is 0 Å². The van der Waals surface area contributed by atoms with E-state index in [1.807, 2.05) is 0 Å². The van der Waals surface area contributed by atoms with Crippen LogP contribution in [0.2, 0.25) is 0 Å². The molecule has 2 aliphatic rings. The molecule has 0 saturated heterocycles. The Morgan fingerprint density at radius 2 is 1.12 bits per heavy atom. The van der Waals surface area contributed by atoms with Crippen molar-refractivity contribution in [2.45, 2.75) is 48.7 Å². The molecule has 0 saturated carbocycles. The van der Waals surface area contributed by atoms with Crippen LogP contribution in [0.5, 0.6) is 0 Å². The quantitative estimate of drug-likeness (QED) is 0.810. The molecule has 0 unspecified atom stereocenters. The molecule has 0 bridgehead atoms. The van der Waals surface area contributed by atoms with E-state index in [0.717, 1.165) is 26.4 Å². The van der Waals surface area contributed by atoms with Gasteiger partial charge in [-0.1, -0.05) is 20.9 Å². The molecule has 25 heavy (non-hydrogen) atoms. The van der Waals surface area contributed by atoms with E-state index < -0.39 is 0 Å². The lowest BCUT2D eigenvalue weighted by Crippen LogP contribution is -2.25. The Morgan fingerprint density at radius 3 is 1.44 bits per heavy atom. The monoisotopic (exact) mass is 344 g/mol. The Morgan fingerprint density at radius 1 is 0.720 bits per heavy atom. The van der Waals surface area contributed by atoms with Gasteiger partial charge in [-0.25, -0.2) is 0 Å². The van der Waals surface area contributed by atoms with Crippen LogP contribution in [0.3, 0.4) is 0 Å². The third kappa shape index (κ3) is 4.50. The molecule has 3 rings (SSSR count). The summed E-state index contributed by atoms with van der Waals surface area (Å²) in [5.41, 5.74) is 7.21. The predicted octanol–water partition coefficient (Wildman–Crippen LogP) is 4.24. The van der Waals surface area contributed by atoms with Crippen LogP contribution in [0.1, 0.15) is 42.7 Å². The van der Waals surface area contributed by atoms with Crippen LogP contribution in [0, 0.1) is 20.8 Å². The highest BCUT2D eigenvalue weighted by Gasteiger charge is 2.17. The van der Waals surface area contributed by atoms with E-state index in [9.17, 15) is 0 Å². The molecule has 1 aromatic rings. The van der Waals surface area contributed by atoms with Crippen LogP contribution >= 0.6 is 0 Å². The maximum atomic E-state index is 2.37. The summed E-state index contributed by atoms with van der Waals surface area (Å²) in [5.74, 6) is 0. The molecule has 0 atom stereocenters. The lowest BCUT2D eigenvalue weighted by Gasteiger charge is -2.25. The van der Waals surface area contributed by atoms with Gasteiger partial charge in [0.15, 0.2) is 0 Å². The van der Waals surface area contributed by atoms with E-state index in [-0.39, 0.29) is 14.9 Å². The normalized spacial score (nSPS) is 15.7. The van der Waals surface area contributed by atoms with Crippen molar-refractivity contribution < 1.29 is 0 Å². The largest absolute Gasteiger partial charge is 0.362 e. The minimum absolute atomic E-state index is 0. The minimum Gasteiger partial charge on any atom is -0.362 e. The molecule has 2 aliphatic heterocycles. The van der Waals surface area contributed by atoms with Gasteiger partial charge in [-0.15, -0.1) is 0 Å². The van der Waals surface area contributed by atoms with E-state index in [1.54, 1.807) is 0 Å². The molecule has 0 amide bonds. The van der Waals surface area contributed by atoms with Gasteiger partial charge < -0.3 is 19.6 Å². The lowest BCUT2D eigenvalue weighted by molar-refractivity contribution is 0.286. The number of hydrogen-bond acceptors (Lipinski definition) is 4. The number of hydrogen-bond donors (Lipinski definition) is 0. The van der Waals surface area contributed by atoms with E-state index in [2.05, 4.69) is 85.3 Å². The fraction of sp³-hybridized carbons (Fsp3) is 0.524. The summed E-state index contributed by atoms with van der Waals surface area (Å²) < 4.78 is 0. The second-order valence-electron chi connectivity index (χ2n) is 6.98. The molecular weight excluding hydrogens is 308 g/mol. The summed E-state index contributed by atoms with van der Waals surface area (Å²) in [4.78, 5) is 9.17. The fourth-order valence-corrected chi connectivity index (χ4v) is 3.55. The first-order valence-corrected chi connectivity index (χ1v) is 8.28. The topological polar surface area (TPSA) is 13.0 Å². The van der Waals surface area contributed by atoms with Crippen molar-refractivity contribution in [2.75, 3.05) is 27.4 Å². The summed E-state index contributed by atoms with van der Waals surface area (Å²) in [5, 5.41) is 0. The summed E-state index contributed by atoms with van der Waals surface area (Å²) in [7, 11) is 4.24. The average Bonchev–Trinajstić information content (AvgIpc) is 3.08. The van der Waals surface area contributed by atoms with Crippen molar-refractivity contribution in [3.63, 3.8) is 0 Å². The fourth-order valence-electron chi connectivity index (χ4n) is 3.55. The molecule has 4 heteroatoms. The zero-order chi connectivity index (χ0) is 16.6. The lowest BCUT2D eigenvalue weighted by atomic mass is 9.93. The van der Waals surface area contributed by atoms with Crippen LogP contribution in [0.25, 0.3) is 0 Å². The molecule has 0 fully saturated rings. The van der Waals surface area contributed by atoms with Gasteiger partial charge in [0.05, 0.1) is 13.3 Å². The van der Waals surface area contributed by atoms with Crippen LogP contribution in [0.4, 0.5) is 0 Å². The van der Waals surface area contributed by atoms with Crippen molar-refractivity contribution in [2.24, 2.45) is 0 Å². The van der Waals surface area contributed by atoms with Crippen LogP contribution < -0.4 is 0 Å². The van der Waals surface area contributed by atoms with Gasteiger partial charge in [0.1, 0.15) is 0 Å². The Balaban J connectivity index is 0.00000156. The highest BCUT2D eigenvalue weighted by Crippen LogP contribution is 2.26.